The van der Waals surface area contributed by atoms with E-state index in [0.29, 0.717) is 12.6 Å². The fourth-order valence-corrected chi connectivity index (χ4v) is 3.37. The van der Waals surface area contributed by atoms with Crippen molar-refractivity contribution in [3.63, 3.8) is 0 Å². The second-order valence-corrected chi connectivity index (χ2v) is 6.32. The Labute approximate surface area is 134 Å². The molecule has 0 aliphatic heterocycles. The van der Waals surface area contributed by atoms with Gasteiger partial charge in [-0.3, -0.25) is 0 Å². The minimum absolute atomic E-state index is 0.175. The number of anilines is 1. The van der Waals surface area contributed by atoms with E-state index in [4.69, 9.17) is 10.00 Å². The summed E-state index contributed by atoms with van der Waals surface area (Å²) >= 11 is 1.57. The summed E-state index contributed by atoms with van der Waals surface area (Å²) in [5.41, 5.74) is 3.76. The highest BCUT2D eigenvalue weighted by Gasteiger charge is 2.22. The number of para-hydroxylation sites is 2. The second kappa shape index (κ2) is 7.28. The van der Waals surface area contributed by atoms with Crippen LogP contribution in [0.2, 0.25) is 0 Å². The summed E-state index contributed by atoms with van der Waals surface area (Å²) in [6, 6.07) is 10.7. The van der Waals surface area contributed by atoms with Gasteiger partial charge in [0, 0.05) is 17.3 Å². The first-order valence-electron chi connectivity index (χ1n) is 7.60. The number of rotatable bonds is 5. The maximum absolute atomic E-state index is 9.11. The number of ether oxygens (including phenoxy) is 1. The molecule has 4 nitrogen and oxygen atoms in total. The summed E-state index contributed by atoms with van der Waals surface area (Å²) in [6.07, 6.45) is 4.16. The van der Waals surface area contributed by atoms with Crippen molar-refractivity contribution in [2.45, 2.75) is 38.3 Å². The molecule has 2 atom stereocenters. The van der Waals surface area contributed by atoms with Gasteiger partial charge in [0.05, 0.1) is 23.0 Å². The van der Waals surface area contributed by atoms with E-state index in [2.05, 4.69) is 16.4 Å². The number of hydrogen-bond donors (Lipinski definition) is 1. The van der Waals surface area contributed by atoms with Crippen molar-refractivity contribution in [3.8, 4) is 11.8 Å². The molecule has 1 aromatic carbocycles. The van der Waals surface area contributed by atoms with Gasteiger partial charge < -0.3 is 10.1 Å². The van der Waals surface area contributed by atoms with Gasteiger partial charge in [-0.25, -0.2) is 4.98 Å². The third kappa shape index (κ3) is 3.77. The number of benzene rings is 1. The Bertz CT molecular complexity index is 636. The predicted octanol–water partition coefficient (Wildman–Crippen LogP) is 4.22. The maximum atomic E-state index is 9.11. The Morgan fingerprint density at radius 3 is 3.09 bits per heavy atom. The molecule has 1 saturated carbocycles. The molecule has 1 aliphatic carbocycles. The van der Waals surface area contributed by atoms with Gasteiger partial charge in [-0.05, 0) is 31.4 Å². The lowest BCUT2D eigenvalue weighted by atomic mass is 9.86. The Hall–Kier alpha value is -2.06. The van der Waals surface area contributed by atoms with E-state index in [0.717, 1.165) is 42.8 Å². The van der Waals surface area contributed by atoms with E-state index in [1.165, 1.54) is 0 Å². The van der Waals surface area contributed by atoms with Gasteiger partial charge >= 0.3 is 0 Å². The molecule has 0 bridgehead atoms. The third-order valence-electron chi connectivity index (χ3n) is 3.96. The average molecular weight is 313 g/mol. The van der Waals surface area contributed by atoms with Gasteiger partial charge in [-0.15, -0.1) is 11.3 Å². The molecule has 2 aromatic rings. The third-order valence-corrected chi connectivity index (χ3v) is 4.60. The van der Waals surface area contributed by atoms with Crippen LogP contribution < -0.4 is 10.1 Å². The van der Waals surface area contributed by atoms with Crippen LogP contribution in [0.3, 0.4) is 0 Å². The molecule has 3 rings (SSSR count). The molecule has 22 heavy (non-hydrogen) atoms. The highest BCUT2D eigenvalue weighted by Crippen LogP contribution is 2.30. The molecule has 1 aromatic heterocycles. The van der Waals surface area contributed by atoms with E-state index in [1.54, 1.807) is 11.3 Å². The molecule has 0 spiro atoms. The van der Waals surface area contributed by atoms with Gasteiger partial charge in [0.15, 0.2) is 0 Å². The van der Waals surface area contributed by atoms with Crippen molar-refractivity contribution < 1.29 is 4.74 Å². The van der Waals surface area contributed by atoms with Gasteiger partial charge in [0.25, 0.3) is 0 Å². The van der Waals surface area contributed by atoms with Gasteiger partial charge in [-0.1, -0.05) is 18.6 Å². The SMILES string of the molecule is N#C[C@@H]1CCC[C@@H](Nc2ccccc2OCc2cscn2)C1. The summed E-state index contributed by atoms with van der Waals surface area (Å²) in [7, 11) is 0. The van der Waals surface area contributed by atoms with Crippen molar-refractivity contribution in [2.75, 3.05) is 5.32 Å². The minimum Gasteiger partial charge on any atom is -0.485 e. The smallest absolute Gasteiger partial charge is 0.142 e. The number of nitriles is 1. The predicted molar refractivity (Wildman–Crippen MR) is 87.9 cm³/mol. The summed E-state index contributed by atoms with van der Waals surface area (Å²) in [5.74, 6) is 1.02. The first kappa shape index (κ1) is 14.9. The highest BCUT2D eigenvalue weighted by molar-refractivity contribution is 7.07. The second-order valence-electron chi connectivity index (χ2n) is 5.60. The van der Waals surface area contributed by atoms with Gasteiger partial charge in [-0.2, -0.15) is 5.26 Å². The number of nitrogens with zero attached hydrogens (tertiary/aromatic N) is 2. The van der Waals surface area contributed by atoms with Crippen LogP contribution in [0.5, 0.6) is 5.75 Å². The number of nitrogens with one attached hydrogen (secondary N) is 1. The summed E-state index contributed by atoms with van der Waals surface area (Å²) in [5, 5.41) is 14.7. The molecule has 1 aliphatic rings. The molecular weight excluding hydrogens is 294 g/mol. The lowest BCUT2D eigenvalue weighted by Crippen LogP contribution is -2.26. The Kier molecular flexibility index (Phi) is 4.92. The summed E-state index contributed by atoms with van der Waals surface area (Å²) in [4.78, 5) is 4.23. The van der Waals surface area contributed by atoms with Crippen LogP contribution in [-0.2, 0) is 6.61 Å². The molecular formula is C17H19N3OS. The Balaban J connectivity index is 1.64. The number of hydrogen-bond acceptors (Lipinski definition) is 5. The Morgan fingerprint density at radius 2 is 2.27 bits per heavy atom. The van der Waals surface area contributed by atoms with E-state index in [1.807, 2.05) is 35.2 Å². The lowest BCUT2D eigenvalue weighted by molar-refractivity contribution is 0.302. The molecule has 0 unspecified atom stereocenters. The zero-order chi connectivity index (χ0) is 15.2. The maximum Gasteiger partial charge on any atom is 0.142 e. The molecule has 114 valence electrons. The van der Waals surface area contributed by atoms with E-state index in [9.17, 15) is 0 Å². The monoisotopic (exact) mass is 313 g/mol. The van der Waals surface area contributed by atoms with Crippen molar-refractivity contribution >= 4 is 17.0 Å². The van der Waals surface area contributed by atoms with Crippen LogP contribution >= 0.6 is 11.3 Å². The van der Waals surface area contributed by atoms with Crippen LogP contribution in [0.25, 0.3) is 0 Å². The van der Waals surface area contributed by atoms with Crippen molar-refractivity contribution in [1.29, 1.82) is 5.26 Å². The molecule has 0 amide bonds. The van der Waals surface area contributed by atoms with Crippen LogP contribution in [0.4, 0.5) is 5.69 Å². The molecule has 1 N–H and O–H groups in total. The molecule has 0 saturated heterocycles. The standard InChI is InChI=1S/C17H19N3OS/c18-9-13-4-3-5-14(8-13)20-16-6-1-2-7-17(16)21-10-15-11-22-12-19-15/h1-2,6-7,11-14,20H,3-5,8,10H2/t13-,14-/m1/s1. The van der Waals surface area contributed by atoms with Gasteiger partial charge in [0.2, 0.25) is 0 Å². The van der Waals surface area contributed by atoms with E-state index >= 15 is 0 Å². The quantitative estimate of drug-likeness (QED) is 0.898. The average Bonchev–Trinajstić information content (AvgIpc) is 3.08. The fraction of sp³-hybridized carbons (Fsp3) is 0.412. The molecule has 0 radical (unpaired) electrons. The zero-order valence-corrected chi connectivity index (χ0v) is 13.2. The highest BCUT2D eigenvalue weighted by atomic mass is 32.1. The van der Waals surface area contributed by atoms with Crippen LogP contribution in [-0.4, -0.2) is 11.0 Å². The largest absolute Gasteiger partial charge is 0.485 e. The Morgan fingerprint density at radius 1 is 1.36 bits per heavy atom. The summed E-state index contributed by atoms with van der Waals surface area (Å²) < 4.78 is 5.89. The molecule has 1 heterocycles. The van der Waals surface area contributed by atoms with Crippen LogP contribution in [0.1, 0.15) is 31.4 Å². The lowest BCUT2D eigenvalue weighted by Gasteiger charge is -2.27. The normalized spacial score (nSPS) is 21.0. The van der Waals surface area contributed by atoms with E-state index in [-0.39, 0.29) is 5.92 Å². The summed E-state index contributed by atoms with van der Waals surface area (Å²) in [6.45, 7) is 0.480. The first-order valence-corrected chi connectivity index (χ1v) is 8.54. The van der Waals surface area contributed by atoms with Crippen molar-refractivity contribution in [1.82, 2.24) is 4.98 Å². The van der Waals surface area contributed by atoms with Crippen LogP contribution in [0.15, 0.2) is 35.2 Å². The zero-order valence-electron chi connectivity index (χ0n) is 12.4. The molecule has 1 fully saturated rings. The fourth-order valence-electron chi connectivity index (χ4n) is 2.83. The minimum atomic E-state index is 0.175. The topological polar surface area (TPSA) is 57.9 Å². The number of aromatic nitrogens is 1. The van der Waals surface area contributed by atoms with Crippen molar-refractivity contribution in [2.24, 2.45) is 5.92 Å². The molecule has 5 heteroatoms. The first-order chi connectivity index (χ1) is 10.8. The number of thiazole rings is 1. The van der Waals surface area contributed by atoms with E-state index < -0.39 is 0 Å². The van der Waals surface area contributed by atoms with Gasteiger partial charge in [0.1, 0.15) is 12.4 Å². The van der Waals surface area contributed by atoms with Crippen molar-refractivity contribution in [3.05, 3.63) is 40.8 Å². The van der Waals surface area contributed by atoms with Crippen LogP contribution in [0, 0.1) is 17.2 Å².